The second-order valence-corrected chi connectivity index (χ2v) is 8.18. The monoisotopic (exact) mass is 429 g/mol. The summed E-state index contributed by atoms with van der Waals surface area (Å²) >= 11 is 6.42. The SMILES string of the molecule is O=C(CN1CCN(Cc2cc(Cl)c3c(c2)OCCCO3)CC1)NCc1ccccc1. The van der Waals surface area contributed by atoms with Crippen molar-refractivity contribution in [2.24, 2.45) is 0 Å². The molecular formula is C23H28ClN3O3. The van der Waals surface area contributed by atoms with Gasteiger partial charge in [0, 0.05) is 45.7 Å². The average molecular weight is 430 g/mol. The van der Waals surface area contributed by atoms with Crippen LogP contribution in [0, 0.1) is 0 Å². The van der Waals surface area contributed by atoms with Gasteiger partial charge < -0.3 is 14.8 Å². The van der Waals surface area contributed by atoms with Crippen molar-refractivity contribution >= 4 is 17.5 Å². The van der Waals surface area contributed by atoms with E-state index in [0.717, 1.165) is 56.0 Å². The summed E-state index contributed by atoms with van der Waals surface area (Å²) < 4.78 is 11.5. The van der Waals surface area contributed by atoms with Gasteiger partial charge in [0.15, 0.2) is 11.5 Å². The van der Waals surface area contributed by atoms with Gasteiger partial charge in [-0.25, -0.2) is 0 Å². The molecule has 2 aromatic rings. The first-order chi connectivity index (χ1) is 14.7. The molecule has 7 heteroatoms. The molecule has 1 amide bonds. The number of carbonyl (C=O) groups excluding carboxylic acids is 1. The Kier molecular flexibility index (Phi) is 7.10. The molecule has 0 aliphatic carbocycles. The van der Waals surface area contributed by atoms with Gasteiger partial charge in [0.25, 0.3) is 0 Å². The molecule has 0 unspecified atom stereocenters. The van der Waals surface area contributed by atoms with E-state index in [1.165, 1.54) is 0 Å². The molecule has 0 spiro atoms. The lowest BCUT2D eigenvalue weighted by molar-refractivity contribution is -0.122. The normalized spacial score (nSPS) is 17.4. The third-order valence-corrected chi connectivity index (χ3v) is 5.71. The van der Waals surface area contributed by atoms with Gasteiger partial charge >= 0.3 is 0 Å². The Morgan fingerprint density at radius 3 is 2.50 bits per heavy atom. The Morgan fingerprint density at radius 1 is 0.967 bits per heavy atom. The molecule has 0 saturated carbocycles. The number of fused-ring (bicyclic) bond motifs is 1. The first-order valence-corrected chi connectivity index (χ1v) is 10.9. The molecular weight excluding hydrogens is 402 g/mol. The number of halogens is 1. The summed E-state index contributed by atoms with van der Waals surface area (Å²) in [6.07, 6.45) is 0.862. The lowest BCUT2D eigenvalue weighted by Crippen LogP contribution is -2.49. The Hall–Kier alpha value is -2.28. The summed E-state index contributed by atoms with van der Waals surface area (Å²) in [5.74, 6) is 1.47. The van der Waals surface area contributed by atoms with Crippen LogP contribution in [0.25, 0.3) is 0 Å². The van der Waals surface area contributed by atoms with Gasteiger partial charge in [-0.05, 0) is 23.3 Å². The lowest BCUT2D eigenvalue weighted by atomic mass is 10.1. The number of piperazine rings is 1. The molecule has 0 bridgehead atoms. The predicted molar refractivity (Wildman–Crippen MR) is 117 cm³/mol. The second kappa shape index (κ2) is 10.2. The van der Waals surface area contributed by atoms with E-state index in [1.54, 1.807) is 0 Å². The number of carbonyl (C=O) groups is 1. The minimum atomic E-state index is 0.0713. The summed E-state index contributed by atoms with van der Waals surface area (Å²) in [7, 11) is 0. The fraction of sp³-hybridized carbons (Fsp3) is 0.435. The largest absolute Gasteiger partial charge is 0.489 e. The van der Waals surface area contributed by atoms with Crippen LogP contribution in [-0.2, 0) is 17.9 Å². The van der Waals surface area contributed by atoms with Gasteiger partial charge in [-0.15, -0.1) is 0 Å². The molecule has 2 aliphatic heterocycles. The quantitative estimate of drug-likeness (QED) is 0.765. The maximum absolute atomic E-state index is 12.3. The summed E-state index contributed by atoms with van der Waals surface area (Å²) in [4.78, 5) is 16.8. The lowest BCUT2D eigenvalue weighted by Gasteiger charge is -2.34. The van der Waals surface area contributed by atoms with Crippen molar-refractivity contribution < 1.29 is 14.3 Å². The average Bonchev–Trinajstić information content (AvgIpc) is 3.00. The molecule has 2 heterocycles. The van der Waals surface area contributed by atoms with Crippen molar-refractivity contribution in [2.45, 2.75) is 19.5 Å². The Morgan fingerprint density at radius 2 is 1.70 bits per heavy atom. The van der Waals surface area contributed by atoms with E-state index in [9.17, 15) is 4.79 Å². The van der Waals surface area contributed by atoms with E-state index < -0.39 is 0 Å². The maximum Gasteiger partial charge on any atom is 0.234 e. The van der Waals surface area contributed by atoms with Gasteiger partial charge in [0.2, 0.25) is 5.91 Å². The number of benzene rings is 2. The highest BCUT2D eigenvalue weighted by Crippen LogP contribution is 2.38. The molecule has 0 atom stereocenters. The summed E-state index contributed by atoms with van der Waals surface area (Å²) in [5, 5.41) is 3.61. The van der Waals surface area contributed by atoms with E-state index in [0.29, 0.717) is 37.1 Å². The van der Waals surface area contributed by atoms with Crippen LogP contribution >= 0.6 is 11.6 Å². The summed E-state index contributed by atoms with van der Waals surface area (Å²) in [5.41, 5.74) is 2.24. The zero-order valence-electron chi connectivity index (χ0n) is 17.1. The molecule has 2 aromatic carbocycles. The number of nitrogens with zero attached hydrogens (tertiary/aromatic N) is 2. The Labute approximate surface area is 182 Å². The zero-order valence-corrected chi connectivity index (χ0v) is 17.9. The Balaban J connectivity index is 1.23. The molecule has 1 saturated heterocycles. The van der Waals surface area contributed by atoms with Gasteiger partial charge in [0.05, 0.1) is 24.8 Å². The molecule has 2 aliphatic rings. The van der Waals surface area contributed by atoms with Gasteiger partial charge in [-0.3, -0.25) is 14.6 Å². The Bertz CT molecular complexity index is 854. The van der Waals surface area contributed by atoms with E-state index in [-0.39, 0.29) is 5.91 Å². The highest BCUT2D eigenvalue weighted by molar-refractivity contribution is 6.32. The molecule has 1 fully saturated rings. The van der Waals surface area contributed by atoms with E-state index in [1.807, 2.05) is 42.5 Å². The standard InChI is InChI=1S/C23H28ClN3O3/c24-20-13-19(14-21-23(20)30-12-4-11-29-21)16-26-7-9-27(10-8-26)17-22(28)25-15-18-5-2-1-3-6-18/h1-3,5-6,13-14H,4,7-12,15-17H2,(H,25,28). The molecule has 0 radical (unpaired) electrons. The first-order valence-electron chi connectivity index (χ1n) is 10.5. The predicted octanol–water partition coefficient (Wildman–Crippen LogP) is 2.94. The number of hydrogen-bond donors (Lipinski definition) is 1. The molecule has 1 N–H and O–H groups in total. The van der Waals surface area contributed by atoms with Crippen LogP contribution in [0.15, 0.2) is 42.5 Å². The zero-order chi connectivity index (χ0) is 20.8. The third-order valence-electron chi connectivity index (χ3n) is 5.43. The fourth-order valence-corrected chi connectivity index (χ4v) is 4.08. The van der Waals surface area contributed by atoms with Crippen LogP contribution < -0.4 is 14.8 Å². The topological polar surface area (TPSA) is 54.0 Å². The molecule has 30 heavy (non-hydrogen) atoms. The maximum atomic E-state index is 12.3. The molecule has 160 valence electrons. The number of hydrogen-bond acceptors (Lipinski definition) is 5. The van der Waals surface area contributed by atoms with Crippen LogP contribution in [0.4, 0.5) is 0 Å². The van der Waals surface area contributed by atoms with Crippen LogP contribution in [0.2, 0.25) is 5.02 Å². The number of nitrogens with one attached hydrogen (secondary N) is 1. The van der Waals surface area contributed by atoms with Crippen LogP contribution in [-0.4, -0.2) is 61.6 Å². The highest BCUT2D eigenvalue weighted by atomic mass is 35.5. The molecule has 4 rings (SSSR count). The first kappa shape index (κ1) is 21.0. The third kappa shape index (κ3) is 5.65. The number of amides is 1. The second-order valence-electron chi connectivity index (χ2n) is 7.77. The van der Waals surface area contributed by atoms with E-state index in [4.69, 9.17) is 21.1 Å². The van der Waals surface area contributed by atoms with Crippen molar-refractivity contribution in [3.05, 3.63) is 58.6 Å². The van der Waals surface area contributed by atoms with E-state index in [2.05, 4.69) is 15.1 Å². The van der Waals surface area contributed by atoms with Crippen molar-refractivity contribution in [3.63, 3.8) is 0 Å². The number of ether oxygens (including phenoxy) is 2. The van der Waals surface area contributed by atoms with E-state index >= 15 is 0 Å². The fourth-order valence-electron chi connectivity index (χ4n) is 3.79. The van der Waals surface area contributed by atoms with Crippen molar-refractivity contribution in [1.82, 2.24) is 15.1 Å². The van der Waals surface area contributed by atoms with Gasteiger partial charge in [0.1, 0.15) is 0 Å². The highest BCUT2D eigenvalue weighted by Gasteiger charge is 2.21. The van der Waals surface area contributed by atoms with Crippen LogP contribution in [0.1, 0.15) is 17.5 Å². The summed E-state index contributed by atoms with van der Waals surface area (Å²) in [6.45, 7) is 6.68. The molecule has 6 nitrogen and oxygen atoms in total. The summed E-state index contributed by atoms with van der Waals surface area (Å²) in [6, 6.07) is 14.0. The number of rotatable bonds is 6. The minimum Gasteiger partial charge on any atom is -0.489 e. The van der Waals surface area contributed by atoms with Crippen LogP contribution in [0.3, 0.4) is 0 Å². The minimum absolute atomic E-state index is 0.0713. The van der Waals surface area contributed by atoms with Crippen molar-refractivity contribution in [1.29, 1.82) is 0 Å². The van der Waals surface area contributed by atoms with Crippen molar-refractivity contribution in [3.8, 4) is 11.5 Å². The molecule has 0 aromatic heterocycles. The smallest absolute Gasteiger partial charge is 0.234 e. The van der Waals surface area contributed by atoms with Gasteiger partial charge in [-0.1, -0.05) is 41.9 Å². The van der Waals surface area contributed by atoms with Gasteiger partial charge in [-0.2, -0.15) is 0 Å². The van der Waals surface area contributed by atoms with Crippen LogP contribution in [0.5, 0.6) is 11.5 Å². The van der Waals surface area contributed by atoms with Crippen molar-refractivity contribution in [2.75, 3.05) is 45.9 Å².